The van der Waals surface area contributed by atoms with Crippen LogP contribution in [-0.2, 0) is 33.9 Å². The predicted octanol–water partition coefficient (Wildman–Crippen LogP) is 7.24. The summed E-state index contributed by atoms with van der Waals surface area (Å²) in [6.07, 6.45) is -8.30. The lowest BCUT2D eigenvalue weighted by atomic mass is 10.0. The van der Waals surface area contributed by atoms with E-state index in [4.69, 9.17) is 9.90 Å². The van der Waals surface area contributed by atoms with Crippen molar-refractivity contribution in [3.8, 4) is 22.5 Å². The van der Waals surface area contributed by atoms with Crippen molar-refractivity contribution in [3.05, 3.63) is 108 Å². The van der Waals surface area contributed by atoms with Gasteiger partial charge in [-0.3, -0.25) is 0 Å². The number of H-pyrrole nitrogens is 1. The highest BCUT2D eigenvalue weighted by molar-refractivity contribution is 7.90. The summed E-state index contributed by atoms with van der Waals surface area (Å²) in [4.78, 5) is 16.6. The van der Waals surface area contributed by atoms with Crippen LogP contribution >= 0.6 is 0 Å². The summed E-state index contributed by atoms with van der Waals surface area (Å²) < 4.78 is 94.0. The fourth-order valence-corrected chi connectivity index (χ4v) is 4.84. The average molecular weight is 650 g/mol. The molecule has 3 N–H and O–H groups in total. The van der Waals surface area contributed by atoms with Crippen LogP contribution in [0.4, 0.5) is 26.3 Å². The van der Waals surface area contributed by atoms with Crippen molar-refractivity contribution >= 4 is 26.8 Å². The molecule has 1 heterocycles. The molecule has 0 fully saturated rings. The Balaban J connectivity index is 0.000000591. The maximum Gasteiger partial charge on any atom is 0.490 e. The lowest BCUT2D eigenvalue weighted by Gasteiger charge is -2.09. The predicted molar refractivity (Wildman–Crippen MR) is 156 cm³/mol. The van der Waals surface area contributed by atoms with E-state index >= 15 is 0 Å². The molecule has 0 aliphatic heterocycles. The summed E-state index contributed by atoms with van der Waals surface area (Å²) in [5.74, 6) is -2.25. The summed E-state index contributed by atoms with van der Waals surface area (Å²) in [6.45, 7) is 1.24. The van der Waals surface area contributed by atoms with Gasteiger partial charge < -0.3 is 15.4 Å². The Morgan fingerprint density at radius 1 is 0.800 bits per heavy atom. The van der Waals surface area contributed by atoms with E-state index in [1.165, 1.54) is 12.3 Å². The zero-order valence-electron chi connectivity index (χ0n) is 23.4. The molecule has 4 aromatic carbocycles. The number of carboxylic acids is 1. The largest absolute Gasteiger partial charge is 0.490 e. The molecule has 5 rings (SSSR count). The molecule has 5 aromatic rings. The molecule has 0 atom stereocenters. The number of benzene rings is 4. The number of carbonyl (C=O) groups is 1. The molecule has 45 heavy (non-hydrogen) atoms. The first-order valence-electron chi connectivity index (χ1n) is 13.1. The molecule has 1 aromatic heterocycles. The smallest absolute Gasteiger partial charge is 0.475 e. The SMILES string of the molecule is CS(=O)(=O)c1ccc(CNCc2cccc(-c3ccc(-c4nc5ccc(C(F)(F)F)cc5[nH]4)cc3)c2)cc1.O=C(O)C(F)(F)F. The van der Waals surface area contributed by atoms with Crippen molar-refractivity contribution in [2.75, 3.05) is 6.26 Å². The Morgan fingerprint density at radius 2 is 1.40 bits per heavy atom. The van der Waals surface area contributed by atoms with Crippen molar-refractivity contribution < 1.29 is 44.7 Å². The molecule has 0 bridgehead atoms. The van der Waals surface area contributed by atoms with Gasteiger partial charge in [0.05, 0.1) is 21.5 Å². The van der Waals surface area contributed by atoms with Crippen LogP contribution in [0, 0.1) is 0 Å². The normalized spacial score (nSPS) is 12.1. The molecule has 7 nitrogen and oxygen atoms in total. The molecule has 0 saturated heterocycles. The van der Waals surface area contributed by atoms with Crippen molar-refractivity contribution in [1.82, 2.24) is 15.3 Å². The van der Waals surface area contributed by atoms with Crippen LogP contribution in [0.3, 0.4) is 0 Å². The van der Waals surface area contributed by atoms with Crippen molar-refractivity contribution in [2.24, 2.45) is 0 Å². The highest BCUT2D eigenvalue weighted by Crippen LogP contribution is 2.32. The number of nitrogens with zero attached hydrogens (tertiary/aromatic N) is 1. The zero-order chi connectivity index (χ0) is 33.0. The van der Waals surface area contributed by atoms with Crippen molar-refractivity contribution in [2.45, 2.75) is 30.3 Å². The maximum absolute atomic E-state index is 13.0. The number of fused-ring (bicyclic) bond motifs is 1. The van der Waals surface area contributed by atoms with Gasteiger partial charge in [0.1, 0.15) is 5.82 Å². The van der Waals surface area contributed by atoms with E-state index in [-0.39, 0.29) is 0 Å². The van der Waals surface area contributed by atoms with E-state index < -0.39 is 33.7 Å². The second-order valence-corrected chi connectivity index (χ2v) is 11.9. The second kappa shape index (κ2) is 13.1. The topological polar surface area (TPSA) is 112 Å². The molecule has 0 amide bonds. The molecule has 0 spiro atoms. The summed E-state index contributed by atoms with van der Waals surface area (Å²) in [7, 11) is -3.21. The van der Waals surface area contributed by atoms with E-state index in [1.807, 2.05) is 42.5 Å². The van der Waals surface area contributed by atoms with E-state index in [2.05, 4.69) is 21.4 Å². The number of imidazole rings is 1. The maximum atomic E-state index is 13.0. The van der Waals surface area contributed by atoms with Crippen LogP contribution in [0.2, 0.25) is 0 Å². The Labute approximate surface area is 253 Å². The highest BCUT2D eigenvalue weighted by Gasteiger charge is 2.38. The summed E-state index contributed by atoms with van der Waals surface area (Å²) in [5, 5.41) is 10.5. The van der Waals surface area contributed by atoms with E-state index in [0.29, 0.717) is 34.8 Å². The minimum Gasteiger partial charge on any atom is -0.475 e. The minimum absolute atomic E-state index is 0.302. The number of carboxylic acid groups (broad SMARTS) is 1. The number of aromatic nitrogens is 2. The number of nitrogens with one attached hydrogen (secondary N) is 2. The molecule has 0 aliphatic carbocycles. The van der Waals surface area contributed by atoms with Crippen LogP contribution in [0.15, 0.2) is 95.9 Å². The first-order chi connectivity index (χ1) is 21.0. The lowest BCUT2D eigenvalue weighted by molar-refractivity contribution is -0.192. The standard InChI is InChI=1S/C29H24F3N3O2S.C2HF3O2/c1-38(36,37)25-12-5-19(6-13-25)17-33-18-20-3-2-4-23(15-20)21-7-9-22(10-8-21)28-34-26-14-11-24(29(30,31)32)16-27(26)35-28;3-2(4,5)1(6)7/h2-16,33H,17-18H2,1H3,(H,34,35);(H,6,7). The third kappa shape index (κ3) is 8.92. The number of aromatic amines is 1. The number of sulfone groups is 1. The van der Waals surface area contributed by atoms with Crippen LogP contribution in [-0.4, -0.2) is 41.9 Å². The number of rotatable bonds is 7. The molecular weight excluding hydrogens is 624 g/mol. The fourth-order valence-electron chi connectivity index (χ4n) is 4.21. The molecule has 236 valence electrons. The molecule has 0 saturated carbocycles. The zero-order valence-corrected chi connectivity index (χ0v) is 24.2. The van der Waals surface area contributed by atoms with Crippen LogP contribution in [0.1, 0.15) is 16.7 Å². The van der Waals surface area contributed by atoms with Crippen LogP contribution in [0.25, 0.3) is 33.5 Å². The number of hydrogen-bond donors (Lipinski definition) is 3. The number of alkyl halides is 6. The van der Waals surface area contributed by atoms with Crippen molar-refractivity contribution in [1.29, 1.82) is 0 Å². The van der Waals surface area contributed by atoms with Gasteiger partial charge in [-0.1, -0.05) is 54.6 Å². The quantitative estimate of drug-likeness (QED) is 0.160. The molecule has 0 unspecified atom stereocenters. The Morgan fingerprint density at radius 3 is 1.98 bits per heavy atom. The minimum atomic E-state index is -5.08. The number of hydrogen-bond acceptors (Lipinski definition) is 5. The third-order valence-electron chi connectivity index (χ3n) is 6.48. The van der Waals surface area contributed by atoms with Gasteiger partial charge in [-0.05, 0) is 58.7 Å². The molecule has 14 heteroatoms. The molecule has 0 aliphatic rings. The van der Waals surface area contributed by atoms with Gasteiger partial charge >= 0.3 is 18.3 Å². The Bertz CT molecular complexity index is 1900. The summed E-state index contributed by atoms with van der Waals surface area (Å²) >= 11 is 0. The van der Waals surface area contributed by atoms with Gasteiger partial charge in [-0.2, -0.15) is 26.3 Å². The third-order valence-corrected chi connectivity index (χ3v) is 7.61. The first kappa shape index (κ1) is 33.2. The van der Waals surface area contributed by atoms with Gasteiger partial charge in [0, 0.05) is 24.9 Å². The first-order valence-corrected chi connectivity index (χ1v) is 15.0. The van der Waals surface area contributed by atoms with E-state index in [9.17, 15) is 34.8 Å². The number of halogens is 6. The fraction of sp³-hybridized carbons (Fsp3) is 0.161. The average Bonchev–Trinajstić information content (AvgIpc) is 3.40. The summed E-state index contributed by atoms with van der Waals surface area (Å²) in [6, 6.07) is 26.1. The lowest BCUT2D eigenvalue weighted by Crippen LogP contribution is -2.21. The Hall–Kier alpha value is -4.69. The summed E-state index contributed by atoms with van der Waals surface area (Å²) in [5.41, 5.74) is 5.00. The van der Waals surface area contributed by atoms with Gasteiger partial charge in [0.25, 0.3) is 0 Å². The monoisotopic (exact) mass is 649 g/mol. The highest BCUT2D eigenvalue weighted by atomic mass is 32.2. The van der Waals surface area contributed by atoms with Gasteiger partial charge in [-0.25, -0.2) is 18.2 Å². The van der Waals surface area contributed by atoms with Gasteiger partial charge in [0.2, 0.25) is 0 Å². The van der Waals surface area contributed by atoms with Crippen LogP contribution < -0.4 is 5.32 Å². The van der Waals surface area contributed by atoms with Gasteiger partial charge in [-0.15, -0.1) is 0 Å². The van der Waals surface area contributed by atoms with E-state index in [0.717, 1.165) is 39.9 Å². The second-order valence-electron chi connectivity index (χ2n) is 9.92. The van der Waals surface area contributed by atoms with Gasteiger partial charge in [0.15, 0.2) is 9.84 Å². The van der Waals surface area contributed by atoms with E-state index in [1.54, 1.807) is 24.3 Å². The van der Waals surface area contributed by atoms with Crippen molar-refractivity contribution in [3.63, 3.8) is 0 Å². The Kier molecular flexibility index (Phi) is 9.68. The molecular formula is C31H25F6N3O4S. The number of aliphatic carboxylic acids is 1. The molecule has 0 radical (unpaired) electrons. The van der Waals surface area contributed by atoms with Crippen LogP contribution in [0.5, 0.6) is 0 Å².